The first-order chi connectivity index (χ1) is 8.80. The van der Waals surface area contributed by atoms with Gasteiger partial charge in [0.15, 0.2) is 5.78 Å². The number of nitrogen functional groups attached to an aromatic ring is 1. The molecule has 0 fully saturated rings. The summed E-state index contributed by atoms with van der Waals surface area (Å²) in [5.41, 5.74) is 6.23. The third kappa shape index (κ3) is 3.94. The molecular weight excluding hydrogens is 244 g/mol. The van der Waals surface area contributed by atoms with Crippen molar-refractivity contribution in [2.24, 2.45) is 0 Å². The molecule has 0 saturated heterocycles. The Labute approximate surface area is 113 Å². The van der Waals surface area contributed by atoms with Crippen molar-refractivity contribution in [2.75, 3.05) is 19.5 Å². The molecule has 0 aliphatic heterocycles. The van der Waals surface area contributed by atoms with Crippen LogP contribution in [0.15, 0.2) is 18.2 Å². The van der Waals surface area contributed by atoms with Crippen molar-refractivity contribution < 1.29 is 14.6 Å². The number of benzene rings is 1. The molecule has 0 bridgehead atoms. The maximum Gasteiger partial charge on any atom is 0.179 e. The van der Waals surface area contributed by atoms with E-state index in [1.165, 1.54) is 7.11 Å². The van der Waals surface area contributed by atoms with Crippen molar-refractivity contribution in [3.63, 3.8) is 0 Å². The maximum absolute atomic E-state index is 12.2. The lowest BCUT2D eigenvalue weighted by Crippen LogP contribution is -2.50. The van der Waals surface area contributed by atoms with Crippen molar-refractivity contribution in [3.05, 3.63) is 23.8 Å². The number of aliphatic hydroxyl groups is 1. The minimum absolute atomic E-state index is 0.0463. The molecule has 0 aliphatic carbocycles. The Morgan fingerprint density at radius 1 is 1.53 bits per heavy atom. The molecule has 1 aromatic carbocycles. The zero-order valence-electron chi connectivity index (χ0n) is 11.9. The third-order valence-electron chi connectivity index (χ3n) is 2.91. The van der Waals surface area contributed by atoms with Gasteiger partial charge in [0, 0.05) is 11.1 Å². The first-order valence-electron chi connectivity index (χ1n) is 6.17. The summed E-state index contributed by atoms with van der Waals surface area (Å²) >= 11 is 0. The van der Waals surface area contributed by atoms with Crippen LogP contribution in [0.2, 0.25) is 0 Å². The minimum Gasteiger partial charge on any atom is -0.495 e. The van der Waals surface area contributed by atoms with E-state index in [1.807, 2.05) is 13.8 Å². The monoisotopic (exact) mass is 266 g/mol. The molecule has 5 heteroatoms. The topological polar surface area (TPSA) is 84.6 Å². The summed E-state index contributed by atoms with van der Waals surface area (Å²) in [6, 6.07) is 4.55. The number of ether oxygens (including phenoxy) is 1. The number of carbonyl (C=O) groups is 1. The Balaban J connectivity index is 2.85. The Hall–Kier alpha value is -1.59. The Morgan fingerprint density at radius 2 is 2.16 bits per heavy atom. The summed E-state index contributed by atoms with van der Waals surface area (Å²) in [5.74, 6) is 0.476. The van der Waals surface area contributed by atoms with E-state index < -0.39 is 11.6 Å². The highest BCUT2D eigenvalue weighted by molar-refractivity contribution is 6.00. The molecule has 0 saturated carbocycles. The number of carbonyl (C=O) groups excluding carboxylic acids is 1. The van der Waals surface area contributed by atoms with Gasteiger partial charge in [-0.1, -0.05) is 0 Å². The van der Waals surface area contributed by atoms with E-state index in [0.29, 0.717) is 17.0 Å². The fourth-order valence-electron chi connectivity index (χ4n) is 1.83. The molecule has 0 amide bonds. The van der Waals surface area contributed by atoms with Gasteiger partial charge < -0.3 is 20.9 Å². The number of hydrogen-bond acceptors (Lipinski definition) is 5. The minimum atomic E-state index is -0.507. The van der Waals surface area contributed by atoms with Crippen molar-refractivity contribution >= 4 is 11.5 Å². The first-order valence-corrected chi connectivity index (χ1v) is 6.17. The van der Waals surface area contributed by atoms with E-state index in [-0.39, 0.29) is 12.4 Å². The van der Waals surface area contributed by atoms with Gasteiger partial charge in [-0.15, -0.1) is 0 Å². The fourth-order valence-corrected chi connectivity index (χ4v) is 1.83. The van der Waals surface area contributed by atoms with Gasteiger partial charge in [0.25, 0.3) is 0 Å². The van der Waals surface area contributed by atoms with E-state index in [1.54, 1.807) is 25.1 Å². The highest BCUT2D eigenvalue weighted by Gasteiger charge is 2.24. The summed E-state index contributed by atoms with van der Waals surface area (Å²) in [6.45, 7) is 5.38. The largest absolute Gasteiger partial charge is 0.495 e. The number of rotatable bonds is 6. The molecule has 19 heavy (non-hydrogen) atoms. The SMILES string of the molecule is COc1ccc(C(=O)C(C)NC(C)(C)CO)cc1N. The van der Waals surface area contributed by atoms with Gasteiger partial charge in [-0.05, 0) is 39.0 Å². The van der Waals surface area contributed by atoms with Gasteiger partial charge in [0.2, 0.25) is 0 Å². The summed E-state index contributed by atoms with van der Waals surface area (Å²) in [4.78, 5) is 12.2. The number of methoxy groups -OCH3 is 1. The van der Waals surface area contributed by atoms with Crippen LogP contribution in [0.1, 0.15) is 31.1 Å². The van der Waals surface area contributed by atoms with Gasteiger partial charge in [-0.25, -0.2) is 0 Å². The van der Waals surface area contributed by atoms with Crippen molar-refractivity contribution in [1.29, 1.82) is 0 Å². The van der Waals surface area contributed by atoms with Gasteiger partial charge in [0.05, 0.1) is 25.4 Å². The van der Waals surface area contributed by atoms with Crippen LogP contribution >= 0.6 is 0 Å². The number of hydrogen-bond donors (Lipinski definition) is 3. The average Bonchev–Trinajstić information content (AvgIpc) is 2.37. The number of anilines is 1. The highest BCUT2D eigenvalue weighted by Crippen LogP contribution is 2.22. The van der Waals surface area contributed by atoms with E-state index in [9.17, 15) is 9.90 Å². The molecule has 1 atom stereocenters. The van der Waals surface area contributed by atoms with Crippen molar-refractivity contribution in [1.82, 2.24) is 5.32 Å². The normalized spacial score (nSPS) is 13.1. The van der Waals surface area contributed by atoms with Crippen LogP contribution in [0.4, 0.5) is 5.69 Å². The average molecular weight is 266 g/mol. The summed E-state index contributed by atoms with van der Waals surface area (Å²) in [7, 11) is 1.53. The smallest absolute Gasteiger partial charge is 0.179 e. The molecule has 0 aromatic heterocycles. The summed E-state index contributed by atoms with van der Waals surface area (Å²) < 4.78 is 5.05. The second-order valence-electron chi connectivity index (χ2n) is 5.23. The molecule has 0 aliphatic rings. The molecule has 1 aromatic rings. The molecule has 0 radical (unpaired) electrons. The highest BCUT2D eigenvalue weighted by atomic mass is 16.5. The van der Waals surface area contributed by atoms with Gasteiger partial charge in [-0.3, -0.25) is 4.79 Å². The Bertz CT molecular complexity index is 458. The predicted molar refractivity (Wildman–Crippen MR) is 75.5 cm³/mol. The van der Waals surface area contributed by atoms with Crippen LogP contribution in [-0.4, -0.2) is 36.2 Å². The maximum atomic E-state index is 12.2. The Kier molecular flexibility index (Phi) is 4.91. The van der Waals surface area contributed by atoms with Crippen LogP contribution in [0.25, 0.3) is 0 Å². The number of ketones is 1. The number of nitrogens with one attached hydrogen (secondary N) is 1. The van der Waals surface area contributed by atoms with E-state index in [0.717, 1.165) is 0 Å². The van der Waals surface area contributed by atoms with Crippen LogP contribution < -0.4 is 15.8 Å². The first kappa shape index (κ1) is 15.5. The molecule has 0 heterocycles. The van der Waals surface area contributed by atoms with Crippen LogP contribution in [0.5, 0.6) is 5.75 Å². The second-order valence-corrected chi connectivity index (χ2v) is 5.23. The lowest BCUT2D eigenvalue weighted by molar-refractivity contribution is 0.0911. The lowest BCUT2D eigenvalue weighted by atomic mass is 10.00. The molecular formula is C14H22N2O3. The fraction of sp³-hybridized carbons (Fsp3) is 0.500. The van der Waals surface area contributed by atoms with Crippen molar-refractivity contribution in [2.45, 2.75) is 32.4 Å². The summed E-state index contributed by atoms with van der Waals surface area (Å²) in [6.07, 6.45) is 0. The molecule has 1 unspecified atom stereocenters. The number of Topliss-reactive ketones (excluding diaryl/α,β-unsaturated/α-hetero) is 1. The van der Waals surface area contributed by atoms with Gasteiger partial charge >= 0.3 is 0 Å². The summed E-state index contributed by atoms with van der Waals surface area (Å²) in [5, 5.41) is 12.3. The van der Waals surface area contributed by atoms with Crippen molar-refractivity contribution in [3.8, 4) is 5.75 Å². The van der Waals surface area contributed by atoms with Crippen LogP contribution in [-0.2, 0) is 0 Å². The van der Waals surface area contributed by atoms with Crippen LogP contribution in [0.3, 0.4) is 0 Å². The Morgan fingerprint density at radius 3 is 2.63 bits per heavy atom. The lowest BCUT2D eigenvalue weighted by Gasteiger charge is -2.27. The van der Waals surface area contributed by atoms with E-state index >= 15 is 0 Å². The second kappa shape index (κ2) is 6.04. The number of nitrogens with two attached hydrogens (primary N) is 1. The zero-order valence-corrected chi connectivity index (χ0v) is 11.9. The molecule has 1 rings (SSSR count). The van der Waals surface area contributed by atoms with Gasteiger partial charge in [0.1, 0.15) is 5.75 Å². The van der Waals surface area contributed by atoms with Gasteiger partial charge in [-0.2, -0.15) is 0 Å². The van der Waals surface area contributed by atoms with E-state index in [4.69, 9.17) is 10.5 Å². The predicted octanol–water partition coefficient (Wildman–Crippen LogP) is 1.21. The molecule has 4 N–H and O–H groups in total. The zero-order chi connectivity index (χ0) is 14.6. The van der Waals surface area contributed by atoms with Crippen LogP contribution in [0, 0.1) is 0 Å². The molecule has 5 nitrogen and oxygen atoms in total. The number of aliphatic hydroxyl groups excluding tert-OH is 1. The van der Waals surface area contributed by atoms with E-state index in [2.05, 4.69) is 5.32 Å². The molecule has 106 valence electrons. The molecule has 0 spiro atoms. The third-order valence-corrected chi connectivity index (χ3v) is 2.91. The quantitative estimate of drug-likeness (QED) is 0.532. The standard InChI is InChI=1S/C14H22N2O3/c1-9(16-14(2,3)8-17)13(18)10-5-6-12(19-4)11(15)7-10/h5-7,9,16-17H,8,15H2,1-4H3.